The lowest BCUT2D eigenvalue weighted by molar-refractivity contribution is 0.125. The molecule has 0 spiro atoms. The van der Waals surface area contributed by atoms with E-state index in [1.165, 1.54) is 148 Å². The first kappa shape index (κ1) is 32.9. The van der Waals surface area contributed by atoms with Crippen molar-refractivity contribution in [1.82, 2.24) is 0 Å². The molecule has 3 nitrogen and oxygen atoms in total. The molecule has 0 aromatic carbocycles. The molecule has 0 atom stereocenters. The zero-order chi connectivity index (χ0) is 23.9. The van der Waals surface area contributed by atoms with Gasteiger partial charge in [0.15, 0.2) is 0 Å². The van der Waals surface area contributed by atoms with Crippen LogP contribution in [-0.2, 0) is 9.47 Å². The van der Waals surface area contributed by atoms with Crippen molar-refractivity contribution >= 4 is 0 Å². The van der Waals surface area contributed by atoms with Crippen molar-refractivity contribution in [2.24, 2.45) is 5.73 Å². The minimum Gasteiger partial charge on any atom is -0.381 e. The van der Waals surface area contributed by atoms with Crippen LogP contribution in [-0.4, -0.2) is 33.0 Å². The molecule has 0 fully saturated rings. The summed E-state index contributed by atoms with van der Waals surface area (Å²) in [5.41, 5.74) is 5.45. The first-order valence-electron chi connectivity index (χ1n) is 15.3. The lowest BCUT2D eigenvalue weighted by Crippen LogP contribution is -2.04. The monoisotopic (exact) mass is 469 g/mol. The second kappa shape index (κ2) is 31.9. The normalized spacial score (nSPS) is 11.5. The van der Waals surface area contributed by atoms with Crippen molar-refractivity contribution in [3.8, 4) is 0 Å². The average Bonchev–Trinajstić information content (AvgIpc) is 2.83. The minimum absolute atomic E-state index is 0.745. The van der Waals surface area contributed by atoms with Gasteiger partial charge in [-0.25, -0.2) is 0 Å². The molecule has 0 saturated heterocycles. The summed E-state index contributed by atoms with van der Waals surface area (Å²) in [5, 5.41) is 0. The Morgan fingerprint density at radius 1 is 0.333 bits per heavy atom. The van der Waals surface area contributed by atoms with Gasteiger partial charge in [0, 0.05) is 26.4 Å². The number of unbranched alkanes of at least 4 members (excludes halogenated alkanes) is 21. The van der Waals surface area contributed by atoms with Gasteiger partial charge in [-0.2, -0.15) is 0 Å². The third-order valence-corrected chi connectivity index (χ3v) is 6.71. The first-order valence-corrected chi connectivity index (χ1v) is 15.3. The average molecular weight is 470 g/mol. The highest BCUT2D eigenvalue weighted by Crippen LogP contribution is 2.13. The SMILES string of the molecule is CCCCCCCCCCCCOCCCCCCCCCCCCCCCOCCCN. The van der Waals surface area contributed by atoms with Gasteiger partial charge in [0.1, 0.15) is 0 Å². The largest absolute Gasteiger partial charge is 0.381 e. The predicted octanol–water partition coefficient (Wildman–Crippen LogP) is 9.36. The molecule has 0 unspecified atom stereocenters. The van der Waals surface area contributed by atoms with Gasteiger partial charge in [0.25, 0.3) is 0 Å². The van der Waals surface area contributed by atoms with Crippen LogP contribution in [0.5, 0.6) is 0 Å². The second-order valence-corrected chi connectivity index (χ2v) is 10.1. The molecule has 0 amide bonds. The molecule has 0 saturated carbocycles. The molecular weight excluding hydrogens is 406 g/mol. The molecule has 0 radical (unpaired) electrons. The molecule has 0 bridgehead atoms. The Kier molecular flexibility index (Phi) is 31.8. The molecule has 200 valence electrons. The van der Waals surface area contributed by atoms with Crippen LogP contribution in [0.15, 0.2) is 0 Å². The highest BCUT2D eigenvalue weighted by molar-refractivity contribution is 4.50. The Morgan fingerprint density at radius 2 is 0.576 bits per heavy atom. The number of nitrogens with two attached hydrogens (primary N) is 1. The minimum atomic E-state index is 0.745. The van der Waals surface area contributed by atoms with Gasteiger partial charge < -0.3 is 15.2 Å². The van der Waals surface area contributed by atoms with E-state index in [0.717, 1.165) is 39.4 Å². The van der Waals surface area contributed by atoms with Crippen LogP contribution in [0.25, 0.3) is 0 Å². The lowest BCUT2D eigenvalue weighted by Gasteiger charge is -2.05. The number of rotatable bonds is 30. The smallest absolute Gasteiger partial charge is 0.0478 e. The first-order chi connectivity index (χ1) is 16.4. The zero-order valence-electron chi connectivity index (χ0n) is 22.9. The van der Waals surface area contributed by atoms with E-state index in [-0.39, 0.29) is 0 Å². The van der Waals surface area contributed by atoms with Gasteiger partial charge in [-0.05, 0) is 32.2 Å². The third-order valence-electron chi connectivity index (χ3n) is 6.71. The Labute approximate surface area is 209 Å². The third kappa shape index (κ3) is 31.9. The van der Waals surface area contributed by atoms with Crippen LogP contribution in [0.3, 0.4) is 0 Å². The van der Waals surface area contributed by atoms with Crippen molar-refractivity contribution in [1.29, 1.82) is 0 Å². The van der Waals surface area contributed by atoms with Gasteiger partial charge in [-0.3, -0.25) is 0 Å². The van der Waals surface area contributed by atoms with E-state index in [1.807, 2.05) is 0 Å². The molecular formula is C30H63NO2. The summed E-state index contributed by atoms with van der Waals surface area (Å²) in [5.74, 6) is 0. The summed E-state index contributed by atoms with van der Waals surface area (Å²) >= 11 is 0. The fraction of sp³-hybridized carbons (Fsp3) is 1.00. The molecule has 0 aromatic rings. The number of hydrogen-bond acceptors (Lipinski definition) is 3. The topological polar surface area (TPSA) is 44.5 Å². The van der Waals surface area contributed by atoms with Crippen molar-refractivity contribution < 1.29 is 9.47 Å². The van der Waals surface area contributed by atoms with Crippen molar-refractivity contribution in [3.05, 3.63) is 0 Å². The summed E-state index contributed by atoms with van der Waals surface area (Å²) < 4.78 is 11.4. The highest BCUT2D eigenvalue weighted by Gasteiger charge is 1.96. The van der Waals surface area contributed by atoms with Crippen LogP contribution in [0.2, 0.25) is 0 Å². The molecule has 0 aliphatic carbocycles. The molecule has 2 N–H and O–H groups in total. The summed E-state index contributed by atoms with van der Waals surface area (Å²) in [7, 11) is 0. The molecule has 0 aliphatic heterocycles. The second-order valence-electron chi connectivity index (χ2n) is 10.1. The molecule has 0 aliphatic rings. The molecule has 33 heavy (non-hydrogen) atoms. The Morgan fingerprint density at radius 3 is 0.848 bits per heavy atom. The number of hydrogen-bond donors (Lipinski definition) is 1. The van der Waals surface area contributed by atoms with E-state index >= 15 is 0 Å². The van der Waals surface area contributed by atoms with E-state index in [4.69, 9.17) is 15.2 Å². The summed E-state index contributed by atoms with van der Waals surface area (Å²) in [6, 6.07) is 0. The molecule has 0 aromatic heterocycles. The van der Waals surface area contributed by atoms with E-state index in [0.29, 0.717) is 0 Å². The van der Waals surface area contributed by atoms with Gasteiger partial charge in [0.2, 0.25) is 0 Å². The van der Waals surface area contributed by atoms with Gasteiger partial charge in [-0.15, -0.1) is 0 Å². The van der Waals surface area contributed by atoms with E-state index in [1.54, 1.807) is 0 Å². The van der Waals surface area contributed by atoms with Gasteiger partial charge >= 0.3 is 0 Å². The zero-order valence-corrected chi connectivity index (χ0v) is 22.9. The fourth-order valence-corrected chi connectivity index (χ4v) is 4.43. The van der Waals surface area contributed by atoms with Crippen LogP contribution in [0, 0.1) is 0 Å². The van der Waals surface area contributed by atoms with Crippen LogP contribution < -0.4 is 5.73 Å². The summed E-state index contributed by atoms with van der Waals surface area (Å²) in [6.07, 6.45) is 32.9. The van der Waals surface area contributed by atoms with Crippen molar-refractivity contribution in [3.63, 3.8) is 0 Å². The van der Waals surface area contributed by atoms with E-state index in [9.17, 15) is 0 Å². The van der Waals surface area contributed by atoms with Crippen molar-refractivity contribution in [2.75, 3.05) is 33.0 Å². The molecule has 3 heteroatoms. The van der Waals surface area contributed by atoms with Gasteiger partial charge in [0.05, 0.1) is 0 Å². The standard InChI is InChI=1S/C30H63NO2/c1-2-3-4-5-6-7-13-16-19-22-27-32-28-23-20-17-14-11-9-8-10-12-15-18-21-24-29-33-30-25-26-31/h2-31H2,1H3. The molecule has 0 rings (SSSR count). The van der Waals surface area contributed by atoms with Gasteiger partial charge in [-0.1, -0.05) is 135 Å². The van der Waals surface area contributed by atoms with Crippen LogP contribution in [0.4, 0.5) is 0 Å². The number of ether oxygens (including phenoxy) is 2. The van der Waals surface area contributed by atoms with Crippen LogP contribution >= 0.6 is 0 Å². The maximum Gasteiger partial charge on any atom is 0.0478 e. The Bertz CT molecular complexity index is 294. The van der Waals surface area contributed by atoms with Crippen molar-refractivity contribution in [2.45, 2.75) is 161 Å². The fourth-order valence-electron chi connectivity index (χ4n) is 4.43. The summed E-state index contributed by atoms with van der Waals surface area (Å²) in [4.78, 5) is 0. The van der Waals surface area contributed by atoms with E-state index < -0.39 is 0 Å². The Balaban J connectivity index is 2.99. The predicted molar refractivity (Wildman–Crippen MR) is 147 cm³/mol. The lowest BCUT2D eigenvalue weighted by atomic mass is 10.0. The summed E-state index contributed by atoms with van der Waals surface area (Å²) in [6.45, 7) is 6.76. The maximum atomic E-state index is 5.82. The Hall–Kier alpha value is -0.120. The van der Waals surface area contributed by atoms with E-state index in [2.05, 4.69) is 6.92 Å². The van der Waals surface area contributed by atoms with Crippen LogP contribution in [0.1, 0.15) is 161 Å². The highest BCUT2D eigenvalue weighted by atomic mass is 16.5. The molecule has 0 heterocycles. The maximum absolute atomic E-state index is 5.82. The quantitative estimate of drug-likeness (QED) is 0.107.